The van der Waals surface area contributed by atoms with Crippen molar-refractivity contribution in [2.45, 2.75) is 46.5 Å². The number of hydrogen-bond acceptors (Lipinski definition) is 4. The van der Waals surface area contributed by atoms with Crippen LogP contribution < -0.4 is 5.32 Å². The molecule has 1 N–H and O–H groups in total. The van der Waals surface area contributed by atoms with Gasteiger partial charge in [-0.2, -0.15) is 0 Å². The van der Waals surface area contributed by atoms with Crippen LogP contribution in [0.4, 0.5) is 5.69 Å². The predicted octanol–water partition coefficient (Wildman–Crippen LogP) is 4.31. The lowest BCUT2D eigenvalue weighted by molar-refractivity contribution is -0.121. The van der Waals surface area contributed by atoms with E-state index in [4.69, 9.17) is 4.74 Å². The Kier molecular flexibility index (Phi) is 6.44. The molecule has 1 aliphatic rings. The van der Waals surface area contributed by atoms with Crippen molar-refractivity contribution in [1.29, 1.82) is 0 Å². The summed E-state index contributed by atoms with van der Waals surface area (Å²) in [6, 6.07) is 1.77. The summed E-state index contributed by atoms with van der Waals surface area (Å²) in [6.07, 6.45) is 3.98. The van der Waals surface area contributed by atoms with Crippen molar-refractivity contribution >= 4 is 28.9 Å². The number of esters is 1. The van der Waals surface area contributed by atoms with Crippen molar-refractivity contribution in [3.8, 4) is 11.8 Å². The van der Waals surface area contributed by atoms with Gasteiger partial charge in [-0.15, -0.1) is 11.3 Å². The average molecular weight is 347 g/mol. The van der Waals surface area contributed by atoms with Crippen molar-refractivity contribution in [1.82, 2.24) is 0 Å². The number of ether oxygens (including phenoxy) is 1. The third-order valence-electron chi connectivity index (χ3n) is 4.23. The van der Waals surface area contributed by atoms with E-state index in [-0.39, 0.29) is 17.7 Å². The molecule has 5 heteroatoms. The number of amides is 1. The number of rotatable bonds is 3. The van der Waals surface area contributed by atoms with Crippen LogP contribution in [0.2, 0.25) is 0 Å². The zero-order chi connectivity index (χ0) is 17.7. The Balaban J connectivity index is 2.17. The van der Waals surface area contributed by atoms with Gasteiger partial charge in [0.15, 0.2) is 0 Å². The van der Waals surface area contributed by atoms with Crippen LogP contribution in [-0.2, 0) is 9.53 Å². The summed E-state index contributed by atoms with van der Waals surface area (Å²) in [6.45, 7) is 6.24. The number of thiophene rings is 1. The number of carbonyl (C=O) groups is 2. The SMILES string of the molecule is COC(=O)c1sc(C#CC(C)C)cc1NC(=O)C1CCC(C)CC1. The van der Waals surface area contributed by atoms with E-state index in [1.165, 1.54) is 18.4 Å². The van der Waals surface area contributed by atoms with Crippen molar-refractivity contribution in [2.75, 3.05) is 12.4 Å². The summed E-state index contributed by atoms with van der Waals surface area (Å²) in [4.78, 5) is 25.7. The molecule has 1 aromatic heterocycles. The Morgan fingerprint density at radius 1 is 1.29 bits per heavy atom. The van der Waals surface area contributed by atoms with Crippen molar-refractivity contribution < 1.29 is 14.3 Å². The monoisotopic (exact) mass is 347 g/mol. The molecular formula is C19H25NO3S. The highest BCUT2D eigenvalue weighted by Gasteiger charge is 2.26. The fourth-order valence-electron chi connectivity index (χ4n) is 2.76. The van der Waals surface area contributed by atoms with E-state index in [0.29, 0.717) is 16.5 Å². The zero-order valence-electron chi connectivity index (χ0n) is 14.8. The number of anilines is 1. The van der Waals surface area contributed by atoms with Crippen molar-refractivity contribution in [3.05, 3.63) is 15.8 Å². The van der Waals surface area contributed by atoms with Gasteiger partial charge in [-0.05, 0) is 37.7 Å². The topological polar surface area (TPSA) is 55.4 Å². The van der Waals surface area contributed by atoms with Crippen LogP contribution >= 0.6 is 11.3 Å². The maximum atomic E-state index is 12.5. The fourth-order valence-corrected chi connectivity index (χ4v) is 3.66. The molecule has 0 saturated heterocycles. The highest BCUT2D eigenvalue weighted by atomic mass is 32.1. The number of nitrogens with one attached hydrogen (secondary N) is 1. The van der Waals surface area contributed by atoms with Crippen LogP contribution in [0.5, 0.6) is 0 Å². The first-order valence-electron chi connectivity index (χ1n) is 8.45. The molecule has 1 saturated carbocycles. The molecule has 0 atom stereocenters. The molecular weight excluding hydrogens is 322 g/mol. The Morgan fingerprint density at radius 3 is 2.54 bits per heavy atom. The summed E-state index contributed by atoms with van der Waals surface area (Å²) in [5.74, 6) is 6.65. The van der Waals surface area contributed by atoms with Gasteiger partial charge in [0.2, 0.25) is 5.91 Å². The molecule has 1 amide bonds. The smallest absolute Gasteiger partial charge is 0.350 e. The highest BCUT2D eigenvalue weighted by molar-refractivity contribution is 7.15. The van der Waals surface area contributed by atoms with Crippen LogP contribution in [0.25, 0.3) is 0 Å². The van der Waals surface area contributed by atoms with Gasteiger partial charge in [-0.3, -0.25) is 4.79 Å². The molecule has 24 heavy (non-hydrogen) atoms. The molecule has 130 valence electrons. The molecule has 0 unspecified atom stereocenters. The molecule has 1 aromatic rings. The Bertz CT molecular complexity index is 658. The molecule has 2 rings (SSSR count). The van der Waals surface area contributed by atoms with Gasteiger partial charge in [0, 0.05) is 11.8 Å². The second-order valence-corrected chi connectivity index (χ2v) is 7.77. The molecule has 0 aliphatic heterocycles. The normalized spacial score (nSPS) is 20.2. The summed E-state index contributed by atoms with van der Waals surface area (Å²) < 4.78 is 4.83. The predicted molar refractivity (Wildman–Crippen MR) is 97.1 cm³/mol. The van der Waals surface area contributed by atoms with E-state index in [1.54, 1.807) is 6.07 Å². The summed E-state index contributed by atoms with van der Waals surface area (Å²) >= 11 is 1.26. The van der Waals surface area contributed by atoms with Crippen LogP contribution in [0, 0.1) is 29.6 Å². The van der Waals surface area contributed by atoms with E-state index < -0.39 is 5.97 Å². The minimum absolute atomic E-state index is 0.00628. The second kappa shape index (κ2) is 8.34. The third-order valence-corrected chi connectivity index (χ3v) is 5.26. The fraction of sp³-hybridized carbons (Fsp3) is 0.579. The first-order chi connectivity index (χ1) is 11.4. The minimum Gasteiger partial charge on any atom is -0.465 e. The maximum absolute atomic E-state index is 12.5. The van der Waals surface area contributed by atoms with Crippen molar-refractivity contribution in [2.24, 2.45) is 17.8 Å². The van der Waals surface area contributed by atoms with E-state index in [2.05, 4.69) is 24.1 Å². The number of methoxy groups -OCH3 is 1. The van der Waals surface area contributed by atoms with Gasteiger partial charge in [0.25, 0.3) is 0 Å². The Hall–Kier alpha value is -1.80. The van der Waals surface area contributed by atoms with Gasteiger partial charge < -0.3 is 10.1 Å². The molecule has 4 nitrogen and oxygen atoms in total. The average Bonchev–Trinajstić information content (AvgIpc) is 2.95. The van der Waals surface area contributed by atoms with Gasteiger partial charge >= 0.3 is 5.97 Å². The van der Waals surface area contributed by atoms with E-state index >= 15 is 0 Å². The Labute approximate surface area is 148 Å². The van der Waals surface area contributed by atoms with Crippen LogP contribution in [0.15, 0.2) is 6.07 Å². The van der Waals surface area contributed by atoms with Crippen LogP contribution in [0.3, 0.4) is 0 Å². The van der Waals surface area contributed by atoms with E-state index in [9.17, 15) is 9.59 Å². The molecule has 0 aromatic carbocycles. The molecule has 1 aliphatic carbocycles. The molecule has 0 bridgehead atoms. The Morgan fingerprint density at radius 2 is 1.96 bits per heavy atom. The van der Waals surface area contributed by atoms with Crippen molar-refractivity contribution in [3.63, 3.8) is 0 Å². The number of hydrogen-bond donors (Lipinski definition) is 1. The van der Waals surface area contributed by atoms with Gasteiger partial charge in [0.05, 0.1) is 17.7 Å². The zero-order valence-corrected chi connectivity index (χ0v) is 15.6. The first kappa shape index (κ1) is 18.5. The lowest BCUT2D eigenvalue weighted by Crippen LogP contribution is -2.27. The van der Waals surface area contributed by atoms with Crippen LogP contribution in [-0.4, -0.2) is 19.0 Å². The van der Waals surface area contributed by atoms with Gasteiger partial charge in [-0.25, -0.2) is 4.79 Å². The second-order valence-electron chi connectivity index (χ2n) is 6.72. The lowest BCUT2D eigenvalue weighted by atomic mass is 9.82. The summed E-state index contributed by atoms with van der Waals surface area (Å²) in [5.41, 5.74) is 0.517. The van der Waals surface area contributed by atoms with Gasteiger partial charge in [-0.1, -0.05) is 32.6 Å². The largest absolute Gasteiger partial charge is 0.465 e. The maximum Gasteiger partial charge on any atom is 0.350 e. The van der Waals surface area contributed by atoms with E-state index in [0.717, 1.165) is 30.6 Å². The molecule has 1 heterocycles. The summed E-state index contributed by atoms with van der Waals surface area (Å²) in [5, 5.41) is 2.92. The molecule has 1 fully saturated rings. The lowest BCUT2D eigenvalue weighted by Gasteiger charge is -2.25. The number of carbonyl (C=O) groups excluding carboxylic acids is 2. The van der Waals surface area contributed by atoms with E-state index in [1.807, 2.05) is 13.8 Å². The van der Waals surface area contributed by atoms with Gasteiger partial charge in [0.1, 0.15) is 4.88 Å². The molecule has 0 radical (unpaired) electrons. The quantitative estimate of drug-likeness (QED) is 0.655. The van der Waals surface area contributed by atoms with Crippen LogP contribution in [0.1, 0.15) is 61.0 Å². The minimum atomic E-state index is -0.440. The first-order valence-corrected chi connectivity index (χ1v) is 9.27. The summed E-state index contributed by atoms with van der Waals surface area (Å²) in [7, 11) is 1.34. The highest BCUT2D eigenvalue weighted by Crippen LogP contribution is 2.32. The standard InChI is InChI=1S/C19H25NO3S/c1-12(2)5-10-15-11-16(17(24-15)19(22)23-4)20-18(21)14-8-6-13(3)7-9-14/h11-14H,6-9H2,1-4H3,(H,20,21). The third kappa shape index (κ3) is 4.85. The molecule has 0 spiro atoms.